The van der Waals surface area contributed by atoms with Crippen LogP contribution in [0, 0.1) is 28.4 Å². The first-order valence-corrected chi connectivity index (χ1v) is 25.8. The number of anilines is 4. The van der Waals surface area contributed by atoms with Gasteiger partial charge in [-0.3, -0.25) is 19.8 Å². The van der Waals surface area contributed by atoms with E-state index in [4.69, 9.17) is 23.9 Å². The van der Waals surface area contributed by atoms with Gasteiger partial charge in [-0.1, -0.05) is 24.3 Å². The molecule has 1 spiro atoms. The van der Waals surface area contributed by atoms with Gasteiger partial charge >= 0.3 is 0 Å². The Hall–Kier alpha value is -5.79. The number of hydrogen-bond donors (Lipinski definition) is 3. The standard InChI is InChI=1S/C51H60N8O9S/c1-32-6-4-5-7-38(32)44-30-66-23-20-57(44)36-27-51(28-36)15-18-56(19-16-51)35-8-10-39(41(25-35)58-43-24-34-12-17-52-47(34)54-49(43)68-46-45(58)31-67-50(46,2)3)48(60)55-69(63,64)37-9-11-40(42(26-37)59(61)62)53-29-33-13-21-65-22-14-33/h4-12,17,24-26,33,36,44-46,53H,13-16,18-23,27-31H2,1-3H3,(H,52,54)(H,55,60)/t44-,45-,46+/m0/s1. The van der Waals surface area contributed by atoms with Gasteiger partial charge in [-0.25, -0.2) is 13.1 Å². The van der Waals surface area contributed by atoms with Crippen LogP contribution in [0.25, 0.3) is 11.0 Å². The summed E-state index contributed by atoms with van der Waals surface area (Å²) in [6.45, 7) is 12.1. The third kappa shape index (κ3) is 8.57. The molecule has 0 unspecified atom stereocenters. The molecule has 3 N–H and O–H groups in total. The predicted octanol–water partition coefficient (Wildman–Crippen LogP) is 7.64. The van der Waals surface area contributed by atoms with Gasteiger partial charge in [0, 0.05) is 68.8 Å². The van der Waals surface area contributed by atoms with Crippen LogP contribution in [0.4, 0.5) is 28.4 Å². The van der Waals surface area contributed by atoms with Gasteiger partial charge in [0.1, 0.15) is 22.6 Å². The van der Waals surface area contributed by atoms with Gasteiger partial charge in [0.05, 0.1) is 53.0 Å². The summed E-state index contributed by atoms with van der Waals surface area (Å²) >= 11 is 0. The van der Waals surface area contributed by atoms with Crippen molar-refractivity contribution in [3.63, 3.8) is 0 Å². The number of rotatable bonds is 11. The normalized spacial score (nSPS) is 23.8. The second-order valence-corrected chi connectivity index (χ2v) is 22.0. The number of aryl methyl sites for hydroxylation is 1. The monoisotopic (exact) mass is 960 g/mol. The van der Waals surface area contributed by atoms with Gasteiger partial charge < -0.3 is 39.0 Å². The molecule has 2 aromatic heterocycles. The number of nitro benzene ring substituents is 1. The van der Waals surface area contributed by atoms with E-state index in [9.17, 15) is 23.3 Å². The minimum atomic E-state index is -4.61. The van der Waals surface area contributed by atoms with Crippen LogP contribution in [-0.2, 0) is 24.2 Å². The lowest BCUT2D eigenvalue weighted by Crippen LogP contribution is -2.58. The molecule has 5 fully saturated rings. The van der Waals surface area contributed by atoms with Gasteiger partial charge in [0.2, 0.25) is 5.88 Å². The van der Waals surface area contributed by atoms with Crippen molar-refractivity contribution in [1.82, 2.24) is 19.6 Å². The third-order valence-corrected chi connectivity index (χ3v) is 17.1. The van der Waals surface area contributed by atoms with Crippen LogP contribution < -0.4 is 24.6 Å². The highest BCUT2D eigenvalue weighted by Crippen LogP contribution is 2.54. The first-order chi connectivity index (χ1) is 33.3. The Morgan fingerprint density at radius 1 is 0.942 bits per heavy atom. The molecule has 69 heavy (non-hydrogen) atoms. The van der Waals surface area contributed by atoms with E-state index in [2.05, 4.69) is 56.0 Å². The lowest BCUT2D eigenvalue weighted by atomic mass is 9.59. The number of nitro groups is 1. The van der Waals surface area contributed by atoms with Gasteiger partial charge in [-0.2, -0.15) is 4.98 Å². The van der Waals surface area contributed by atoms with Crippen LogP contribution in [0.3, 0.4) is 0 Å². The molecule has 11 rings (SSSR count). The number of amides is 1. The van der Waals surface area contributed by atoms with Crippen LogP contribution in [0.5, 0.6) is 5.88 Å². The van der Waals surface area contributed by atoms with E-state index in [1.54, 1.807) is 6.07 Å². The second-order valence-electron chi connectivity index (χ2n) is 20.4. The van der Waals surface area contributed by atoms with Crippen LogP contribution in [0.2, 0.25) is 0 Å². The minimum absolute atomic E-state index is 0.0982. The highest BCUT2D eigenvalue weighted by molar-refractivity contribution is 7.90. The molecular weight excluding hydrogens is 901 g/mol. The van der Waals surface area contributed by atoms with E-state index in [-0.39, 0.29) is 35.2 Å². The molecule has 1 saturated carbocycles. The first-order valence-electron chi connectivity index (χ1n) is 24.3. The van der Waals surface area contributed by atoms with Crippen LogP contribution in [-0.4, -0.2) is 117 Å². The number of aromatic nitrogens is 2. The van der Waals surface area contributed by atoms with Gasteiger partial charge in [0.25, 0.3) is 21.6 Å². The largest absolute Gasteiger partial charge is 0.467 e. The highest BCUT2D eigenvalue weighted by Gasteiger charge is 2.53. The number of benzene rings is 3. The van der Waals surface area contributed by atoms with Crippen molar-refractivity contribution in [3.8, 4) is 5.88 Å². The zero-order valence-corrected chi connectivity index (χ0v) is 40.1. The number of hydrogen-bond acceptors (Lipinski definition) is 14. The number of morpholine rings is 1. The summed E-state index contributed by atoms with van der Waals surface area (Å²) in [7, 11) is -4.61. The summed E-state index contributed by atoms with van der Waals surface area (Å²) in [5.41, 5.74) is 4.69. The molecule has 0 radical (unpaired) electrons. The Balaban J connectivity index is 0.887. The summed E-state index contributed by atoms with van der Waals surface area (Å²) in [6.07, 6.45) is 7.29. The number of nitrogens with zero attached hydrogens (tertiary/aromatic N) is 5. The molecule has 5 aromatic rings. The van der Waals surface area contributed by atoms with Gasteiger partial charge in [-0.15, -0.1) is 0 Å². The number of carbonyl (C=O) groups is 1. The molecule has 17 nitrogen and oxygen atoms in total. The lowest BCUT2D eigenvalue weighted by molar-refractivity contribution is -0.384. The van der Waals surface area contributed by atoms with Crippen molar-refractivity contribution in [2.24, 2.45) is 11.3 Å². The third-order valence-electron chi connectivity index (χ3n) is 15.8. The number of nitrogens with one attached hydrogen (secondary N) is 3. The Labute approximate surface area is 402 Å². The smallest absolute Gasteiger partial charge is 0.293 e. The summed E-state index contributed by atoms with van der Waals surface area (Å²) in [5, 5.41) is 16.3. The van der Waals surface area contributed by atoms with Crippen LogP contribution in [0.1, 0.15) is 79.9 Å². The second kappa shape index (κ2) is 17.9. The number of aromatic amines is 1. The summed E-state index contributed by atoms with van der Waals surface area (Å²) in [5.74, 6) is -0.260. The average Bonchev–Trinajstić information content (AvgIpc) is 3.93. The fourth-order valence-electron chi connectivity index (χ4n) is 11.8. The number of fused-ring (bicyclic) bond motifs is 3. The molecule has 6 aliphatic rings. The Morgan fingerprint density at radius 3 is 2.52 bits per heavy atom. The number of pyridine rings is 1. The van der Waals surface area contributed by atoms with Crippen LogP contribution >= 0.6 is 0 Å². The molecule has 1 amide bonds. The fourth-order valence-corrected chi connectivity index (χ4v) is 12.8. The molecule has 18 heteroatoms. The zero-order valence-electron chi connectivity index (χ0n) is 39.3. The number of ether oxygens (including phenoxy) is 4. The number of piperidine rings is 1. The molecular formula is C51H60N8O9S. The van der Waals surface area contributed by atoms with Gasteiger partial charge in [-0.05, 0) is 124 Å². The Bertz CT molecular complexity index is 2890. The maximum atomic E-state index is 14.7. The van der Waals surface area contributed by atoms with E-state index >= 15 is 0 Å². The van der Waals surface area contributed by atoms with Crippen molar-refractivity contribution in [2.75, 3.05) is 74.3 Å². The average molecular weight is 961 g/mol. The van der Waals surface area contributed by atoms with Crippen molar-refractivity contribution < 1.29 is 37.1 Å². The minimum Gasteiger partial charge on any atom is -0.467 e. The SMILES string of the molecule is Cc1ccccc1[C@@H]1COCCN1C1CC2(CCN(c3ccc(C(=O)NS(=O)(=O)c4ccc(NCC5CCOCC5)c([N+](=O)[O-])c4)c(N4c5cc6cc[nH]c6nc5O[C@@H]5[C@@H]4COC5(C)C)c3)CC2)C1. The first kappa shape index (κ1) is 45.6. The maximum Gasteiger partial charge on any atom is 0.293 e. The maximum absolute atomic E-state index is 14.7. The molecule has 5 aliphatic heterocycles. The molecule has 7 heterocycles. The van der Waals surface area contributed by atoms with Crippen LogP contribution in [0.15, 0.2) is 83.9 Å². The van der Waals surface area contributed by atoms with E-state index < -0.39 is 49.2 Å². The van der Waals surface area contributed by atoms with E-state index in [0.717, 1.165) is 81.9 Å². The molecule has 0 bridgehead atoms. The van der Waals surface area contributed by atoms with Gasteiger partial charge in [0.15, 0.2) is 6.10 Å². The highest BCUT2D eigenvalue weighted by atomic mass is 32.2. The predicted molar refractivity (Wildman–Crippen MR) is 261 cm³/mol. The molecule has 4 saturated heterocycles. The summed E-state index contributed by atoms with van der Waals surface area (Å²) < 4.78 is 55.0. The van der Waals surface area contributed by atoms with Crippen molar-refractivity contribution in [1.29, 1.82) is 0 Å². The summed E-state index contributed by atoms with van der Waals surface area (Å²) in [6, 6.07) is 22.1. The molecule has 3 atom stereocenters. The Kier molecular flexibility index (Phi) is 11.8. The van der Waals surface area contributed by atoms with E-state index in [0.29, 0.717) is 55.3 Å². The number of H-pyrrole nitrogens is 1. The van der Waals surface area contributed by atoms with Crippen molar-refractivity contribution >= 4 is 55.4 Å². The summed E-state index contributed by atoms with van der Waals surface area (Å²) in [4.78, 5) is 41.1. The Morgan fingerprint density at radius 2 is 1.74 bits per heavy atom. The van der Waals surface area contributed by atoms with Crippen molar-refractivity contribution in [2.45, 2.75) is 94.0 Å². The molecule has 1 aliphatic carbocycles. The quantitative estimate of drug-likeness (QED) is 0.0864. The van der Waals surface area contributed by atoms with E-state index in [1.165, 1.54) is 23.3 Å². The van der Waals surface area contributed by atoms with E-state index in [1.807, 2.05) is 49.2 Å². The zero-order chi connectivity index (χ0) is 47.7. The molecule has 364 valence electrons. The topological polar surface area (TPSA) is 194 Å². The number of sulfonamides is 1. The molecule has 3 aromatic carbocycles. The lowest BCUT2D eigenvalue weighted by Gasteiger charge is -2.57. The fraction of sp³-hybridized carbons (Fsp3) is 0.490. The number of carbonyl (C=O) groups excluding carboxylic acids is 1. The van der Waals surface area contributed by atoms with Crippen molar-refractivity contribution in [3.05, 3.63) is 106 Å².